The number of likely N-dealkylation sites (tertiary alicyclic amines) is 1. The Kier molecular flexibility index (Phi) is 18.5. The summed E-state index contributed by atoms with van der Waals surface area (Å²) < 4.78 is 12.0. The third kappa shape index (κ3) is 13.0. The lowest BCUT2D eigenvalue weighted by Crippen LogP contribution is -2.61. The number of aliphatic imine (C=N–C) groups is 1. The molecule has 3 aliphatic rings. The lowest BCUT2D eigenvalue weighted by molar-refractivity contribution is -0.144. The third-order valence-corrected chi connectivity index (χ3v) is 17.1. The Balaban J connectivity index is 0.871. The summed E-state index contributed by atoms with van der Waals surface area (Å²) in [6.45, 7) is 21.9. The number of thiazole rings is 1. The number of aryl methyl sites for hydroxylation is 1. The van der Waals surface area contributed by atoms with E-state index in [9.17, 15) is 19.2 Å². The van der Waals surface area contributed by atoms with Gasteiger partial charge in [0.05, 0.1) is 34.8 Å². The van der Waals surface area contributed by atoms with Crippen LogP contribution in [0.4, 0.5) is 4.79 Å². The molecule has 3 N–H and O–H groups in total. The summed E-state index contributed by atoms with van der Waals surface area (Å²) in [5.41, 5.74) is 5.21. The average Bonchev–Trinajstić information content (AvgIpc) is 4.36. The van der Waals surface area contributed by atoms with Gasteiger partial charge in [0.15, 0.2) is 0 Å². The van der Waals surface area contributed by atoms with Gasteiger partial charge in [-0.1, -0.05) is 119 Å². The molecule has 0 radical (unpaired) electrons. The molecule has 0 aliphatic carbocycles. The number of amides is 6. The fraction of sp³-hybridized carbons (Fsp3) is 0.459. The molecule has 0 saturated carbocycles. The second-order valence-corrected chi connectivity index (χ2v) is 24.9. The Morgan fingerprint density at radius 2 is 1.46 bits per heavy atom. The number of carbonyl (C=O) groups is 5. The van der Waals surface area contributed by atoms with Crippen molar-refractivity contribution in [3.05, 3.63) is 140 Å². The van der Waals surface area contributed by atoms with Crippen molar-refractivity contribution in [3.63, 3.8) is 0 Å². The lowest BCUT2D eigenvalue weighted by Gasteiger charge is -2.47. The minimum absolute atomic E-state index is 0.0354. The Bertz CT molecular complexity index is 3080. The molecular formula is C61H75Cl2N9O7S. The van der Waals surface area contributed by atoms with Gasteiger partial charge in [0.1, 0.15) is 48.1 Å². The third-order valence-electron chi connectivity index (χ3n) is 15.6. The summed E-state index contributed by atoms with van der Waals surface area (Å²) in [6, 6.07) is 27.3. The van der Waals surface area contributed by atoms with Crippen molar-refractivity contribution in [3.8, 4) is 16.2 Å². The van der Waals surface area contributed by atoms with E-state index in [0.717, 1.165) is 38.4 Å². The van der Waals surface area contributed by atoms with Crippen molar-refractivity contribution >= 4 is 70.0 Å². The van der Waals surface area contributed by atoms with E-state index < -0.39 is 41.1 Å². The largest absolute Gasteiger partial charge is 0.493 e. The van der Waals surface area contributed by atoms with Crippen LogP contribution in [-0.2, 0) is 47.0 Å². The van der Waals surface area contributed by atoms with Crippen molar-refractivity contribution in [1.29, 1.82) is 0 Å². The summed E-state index contributed by atoms with van der Waals surface area (Å²) in [7, 11) is 0. The molecule has 0 bridgehead atoms. The maximum atomic E-state index is 15.5. The van der Waals surface area contributed by atoms with Crippen LogP contribution in [0, 0.1) is 12.3 Å². The molecule has 4 atom stereocenters. The number of nitrogens with zero attached hydrogens (tertiary/aromatic N) is 6. The van der Waals surface area contributed by atoms with Crippen LogP contribution in [0.15, 0.2) is 101 Å². The van der Waals surface area contributed by atoms with Gasteiger partial charge in [-0.3, -0.25) is 34.0 Å². The number of urea groups is 1. The number of benzene rings is 4. The number of ether oxygens (including phenoxy) is 2. The van der Waals surface area contributed by atoms with Crippen LogP contribution in [0.1, 0.15) is 109 Å². The summed E-state index contributed by atoms with van der Waals surface area (Å²) in [5, 5.41) is 9.73. The first-order chi connectivity index (χ1) is 37.9. The van der Waals surface area contributed by atoms with Crippen molar-refractivity contribution in [2.24, 2.45) is 10.4 Å². The number of halogens is 2. The number of piperazine rings is 1. The molecule has 80 heavy (non-hydrogen) atoms. The predicted molar refractivity (Wildman–Crippen MR) is 315 cm³/mol. The molecule has 0 spiro atoms. The second kappa shape index (κ2) is 24.8. The fourth-order valence-corrected chi connectivity index (χ4v) is 11.8. The molecule has 8 rings (SSSR count). The molecule has 19 heteroatoms. The van der Waals surface area contributed by atoms with E-state index in [-0.39, 0.29) is 42.4 Å². The van der Waals surface area contributed by atoms with Gasteiger partial charge in [-0.15, -0.1) is 11.3 Å². The molecule has 6 amide bonds. The van der Waals surface area contributed by atoms with Gasteiger partial charge in [0.25, 0.3) is 0 Å². The van der Waals surface area contributed by atoms with E-state index in [4.69, 9.17) is 37.7 Å². The Morgan fingerprint density at radius 3 is 2.06 bits per heavy atom. The van der Waals surface area contributed by atoms with Crippen molar-refractivity contribution in [1.82, 2.24) is 40.5 Å². The minimum atomic E-state index is -1.10. The lowest BCUT2D eigenvalue weighted by atomic mass is 9.71. The quantitative estimate of drug-likeness (QED) is 0.0604. The topological polar surface area (TPSA) is 178 Å². The molecule has 16 nitrogen and oxygen atoms in total. The van der Waals surface area contributed by atoms with Gasteiger partial charge >= 0.3 is 6.03 Å². The van der Waals surface area contributed by atoms with E-state index in [1.807, 2.05) is 149 Å². The van der Waals surface area contributed by atoms with E-state index in [1.54, 1.807) is 21.1 Å². The smallest absolute Gasteiger partial charge is 0.326 e. The zero-order chi connectivity index (χ0) is 57.7. The van der Waals surface area contributed by atoms with Gasteiger partial charge in [-0.2, -0.15) is 0 Å². The molecule has 426 valence electrons. The molecule has 4 heterocycles. The number of hydrogen-bond donors (Lipinski definition) is 3. The van der Waals surface area contributed by atoms with Crippen LogP contribution in [0.2, 0.25) is 10.0 Å². The first-order valence-electron chi connectivity index (χ1n) is 27.4. The highest BCUT2D eigenvalue weighted by atomic mass is 35.5. The molecule has 4 aromatic carbocycles. The average molecular weight is 1150 g/mol. The zero-order valence-electron chi connectivity index (χ0n) is 47.6. The number of rotatable bonds is 17. The highest BCUT2D eigenvalue weighted by Gasteiger charge is 2.60. The number of amidine groups is 1. The van der Waals surface area contributed by atoms with E-state index in [1.165, 1.54) is 0 Å². The van der Waals surface area contributed by atoms with Gasteiger partial charge in [0, 0.05) is 49.3 Å². The monoisotopic (exact) mass is 1150 g/mol. The maximum Gasteiger partial charge on any atom is 0.326 e. The summed E-state index contributed by atoms with van der Waals surface area (Å²) in [5.74, 6) is -0.366. The molecule has 0 unspecified atom stereocenters. The van der Waals surface area contributed by atoms with Gasteiger partial charge < -0.3 is 35.2 Å². The van der Waals surface area contributed by atoms with Crippen LogP contribution < -0.4 is 20.7 Å². The van der Waals surface area contributed by atoms with Crippen molar-refractivity contribution in [2.45, 2.75) is 117 Å². The minimum Gasteiger partial charge on any atom is -0.493 e. The van der Waals surface area contributed by atoms with Gasteiger partial charge in [-0.05, 0) is 116 Å². The summed E-state index contributed by atoms with van der Waals surface area (Å²) in [6.07, 6.45) is 1.17. The Morgan fingerprint density at radius 1 is 0.812 bits per heavy atom. The highest BCUT2D eigenvalue weighted by molar-refractivity contribution is 7.13. The number of nitrogens with one attached hydrogen (secondary N) is 3. The first-order valence-corrected chi connectivity index (χ1v) is 29.0. The van der Waals surface area contributed by atoms with E-state index in [2.05, 4.69) is 47.8 Å². The molecule has 3 aliphatic heterocycles. The highest BCUT2D eigenvalue weighted by Crippen LogP contribution is 2.54. The van der Waals surface area contributed by atoms with Crippen LogP contribution in [0.3, 0.4) is 0 Å². The van der Waals surface area contributed by atoms with Crippen LogP contribution in [0.5, 0.6) is 5.75 Å². The summed E-state index contributed by atoms with van der Waals surface area (Å²) >= 11 is 14.5. The van der Waals surface area contributed by atoms with E-state index >= 15 is 4.79 Å². The molecule has 2 fully saturated rings. The van der Waals surface area contributed by atoms with Gasteiger partial charge in [0.2, 0.25) is 23.6 Å². The Hall–Kier alpha value is -6.37. The second-order valence-electron chi connectivity index (χ2n) is 23.2. The van der Waals surface area contributed by atoms with Crippen LogP contribution >= 0.6 is 34.5 Å². The first kappa shape index (κ1) is 59.7. The van der Waals surface area contributed by atoms with Crippen LogP contribution in [-0.4, -0.2) is 131 Å². The number of hydrogen-bond acceptors (Lipinski definition) is 11. The van der Waals surface area contributed by atoms with Crippen molar-refractivity contribution in [2.75, 3.05) is 59.2 Å². The van der Waals surface area contributed by atoms with Crippen LogP contribution in [0.25, 0.3) is 10.4 Å². The zero-order valence-corrected chi connectivity index (χ0v) is 49.9. The Labute approximate surface area is 484 Å². The normalized spacial score (nSPS) is 20.1. The standard InChI is InChI=1S/C61H75Cl2N9O7S/c1-11-79-49-33-44(58(3,4)5)22-27-47(49)54-68-60(9,42-18-23-45(62)24-19-42)61(10,43-20-25-46(63)26-21-43)72(54)57(77)70-31-29-69(30-32-70)35-50(73)65-37-78-36-51(74)67-53(59(6,7)8)56(76)71-28-12-13-48(71)55(75)64-34-40-14-16-41(17-15-40)52-39(2)66-38-80-52/h14-27,33,38,48,53H,11-13,28-32,34-37H2,1-10H3,(H,64,75)(H,65,73)(H,67,74)/t48-,53+,60-,61+/m0/s1. The molecular weight excluding hydrogens is 1070 g/mol. The number of aromatic nitrogens is 1. The maximum absolute atomic E-state index is 15.5. The fourth-order valence-electron chi connectivity index (χ4n) is 10.8. The summed E-state index contributed by atoms with van der Waals surface area (Å²) in [4.78, 5) is 88.0. The molecule has 2 saturated heterocycles. The predicted octanol–water partition coefficient (Wildman–Crippen LogP) is 9.68. The molecule has 1 aromatic heterocycles. The van der Waals surface area contributed by atoms with E-state index in [0.29, 0.717) is 85.9 Å². The van der Waals surface area contributed by atoms with Gasteiger partial charge in [-0.25, -0.2) is 9.78 Å². The number of carbonyl (C=O) groups excluding carboxylic acids is 5. The molecule has 5 aromatic rings. The SMILES string of the molecule is CCOc1cc(C(C)(C)C)ccc1C1=N[C@@](C)(c2ccc(Cl)cc2)[C@@](C)(c2ccc(Cl)cc2)N1C(=O)N1CCN(CC(=O)NCOCC(=O)N[C@H](C(=O)N2CCC[C@H]2C(=O)NCc2ccc(-c3scnc3C)cc2)C(C)(C)C)CC1. The van der Waals surface area contributed by atoms with Crippen molar-refractivity contribution < 1.29 is 33.4 Å².